The summed E-state index contributed by atoms with van der Waals surface area (Å²) in [7, 11) is 0. The Hall–Kier alpha value is -1.40. The Balaban J connectivity index is 0. The monoisotopic (exact) mass is 416 g/mol. The van der Waals surface area contributed by atoms with Gasteiger partial charge in [-0.1, -0.05) is 104 Å². The zero-order valence-electron chi connectivity index (χ0n) is 18.6. The van der Waals surface area contributed by atoms with E-state index in [0.717, 1.165) is 0 Å². The number of carbonyl (C=O) groups is 2. The highest BCUT2D eigenvalue weighted by Gasteiger charge is 2.04. The lowest BCUT2D eigenvalue weighted by atomic mass is 10.0. The summed E-state index contributed by atoms with van der Waals surface area (Å²) in [4.78, 5) is 20.5. The minimum atomic E-state index is -1.26. The maximum atomic E-state index is 10.6. The van der Waals surface area contributed by atoms with Crippen LogP contribution in [0.4, 0.5) is 0 Å². The van der Waals surface area contributed by atoms with Gasteiger partial charge in [-0.2, -0.15) is 0 Å². The van der Waals surface area contributed by atoms with Gasteiger partial charge in [-0.25, -0.2) is 9.59 Å². The van der Waals surface area contributed by atoms with Crippen LogP contribution in [-0.4, -0.2) is 46.6 Å². The van der Waals surface area contributed by atoms with Crippen molar-refractivity contribution in [2.45, 2.75) is 110 Å². The number of carboxylic acid groups (broad SMARTS) is 1. The number of esters is 1. The number of rotatable bonds is 18. The first-order valence-electron chi connectivity index (χ1n) is 11.3. The fraction of sp³-hybridized carbons (Fsp3) is 0.826. The van der Waals surface area contributed by atoms with Gasteiger partial charge in [0.25, 0.3) is 0 Å². The van der Waals surface area contributed by atoms with Gasteiger partial charge in [0.05, 0.1) is 6.61 Å². The van der Waals surface area contributed by atoms with Crippen LogP contribution in [0.15, 0.2) is 12.2 Å². The number of ether oxygens (including phenoxy) is 1. The van der Waals surface area contributed by atoms with E-state index in [9.17, 15) is 9.59 Å². The largest absolute Gasteiger partial charge is 0.478 e. The summed E-state index contributed by atoms with van der Waals surface area (Å²) in [5, 5.41) is 25.1. The molecule has 6 heteroatoms. The van der Waals surface area contributed by atoms with Gasteiger partial charge in [0.1, 0.15) is 12.7 Å². The molecule has 172 valence electrons. The predicted octanol–water partition coefficient (Wildman–Crippen LogP) is 5.01. The van der Waals surface area contributed by atoms with Crippen LogP contribution in [0.25, 0.3) is 0 Å². The Kier molecular flexibility index (Phi) is 25.3. The number of aliphatic hydroxyl groups is 2. The second-order valence-electron chi connectivity index (χ2n) is 7.38. The molecule has 0 aromatic heterocycles. The van der Waals surface area contributed by atoms with E-state index in [4.69, 9.17) is 15.3 Å². The van der Waals surface area contributed by atoms with Crippen LogP contribution in [-0.2, 0) is 14.3 Å². The van der Waals surface area contributed by atoms with E-state index in [2.05, 4.69) is 18.6 Å². The van der Waals surface area contributed by atoms with Gasteiger partial charge in [-0.05, 0) is 0 Å². The summed E-state index contributed by atoms with van der Waals surface area (Å²) in [6.07, 6.45) is 20.6. The topological polar surface area (TPSA) is 104 Å². The number of carbonyl (C=O) groups excluding carboxylic acids is 1. The van der Waals surface area contributed by atoms with Crippen molar-refractivity contribution in [1.29, 1.82) is 0 Å². The van der Waals surface area contributed by atoms with E-state index in [1.165, 1.54) is 89.9 Å². The lowest BCUT2D eigenvalue weighted by Gasteiger charge is -2.05. The van der Waals surface area contributed by atoms with Gasteiger partial charge in [-0.3, -0.25) is 0 Å². The Morgan fingerprint density at radius 3 is 1.45 bits per heavy atom. The number of aliphatic hydroxyl groups excluding tert-OH is 2. The van der Waals surface area contributed by atoms with Crippen LogP contribution in [0.3, 0.4) is 0 Å². The lowest BCUT2D eigenvalue weighted by Crippen LogP contribution is -2.21. The number of hydrogen-bond acceptors (Lipinski definition) is 5. The Morgan fingerprint density at radius 2 is 1.14 bits per heavy atom. The zero-order valence-corrected chi connectivity index (χ0v) is 18.6. The first-order valence-corrected chi connectivity index (χ1v) is 11.3. The smallest absolute Gasteiger partial charge is 0.331 e. The molecule has 0 bridgehead atoms. The highest BCUT2D eigenvalue weighted by atomic mass is 16.5. The highest BCUT2D eigenvalue weighted by molar-refractivity contribution is 5.90. The fourth-order valence-corrected chi connectivity index (χ4v) is 2.69. The van der Waals surface area contributed by atoms with E-state index in [0.29, 0.717) is 12.2 Å². The van der Waals surface area contributed by atoms with Crippen molar-refractivity contribution in [3.63, 3.8) is 0 Å². The normalized spacial score (nSPS) is 11.7. The van der Waals surface area contributed by atoms with Crippen molar-refractivity contribution in [2.75, 3.05) is 13.2 Å². The highest BCUT2D eigenvalue weighted by Crippen LogP contribution is 2.12. The molecule has 0 aliphatic carbocycles. The molecule has 0 heterocycles. The number of hydrogen-bond donors (Lipinski definition) is 3. The van der Waals surface area contributed by atoms with Crippen molar-refractivity contribution < 1.29 is 29.6 Å². The minimum Gasteiger partial charge on any atom is -0.478 e. The molecule has 0 saturated heterocycles. The lowest BCUT2D eigenvalue weighted by molar-refractivity contribution is -0.142. The van der Waals surface area contributed by atoms with Gasteiger partial charge >= 0.3 is 11.9 Å². The van der Waals surface area contributed by atoms with Gasteiger partial charge < -0.3 is 20.1 Å². The van der Waals surface area contributed by atoms with Crippen molar-refractivity contribution >= 4 is 11.9 Å². The number of carboxylic acids is 1. The first-order chi connectivity index (χ1) is 14.0. The van der Waals surface area contributed by atoms with E-state index in [1.807, 2.05) is 0 Å². The van der Waals surface area contributed by atoms with Crippen LogP contribution in [0, 0.1) is 0 Å². The molecule has 0 saturated carbocycles. The molecule has 0 aliphatic heterocycles. The second kappa shape index (κ2) is 24.6. The summed E-state index contributed by atoms with van der Waals surface area (Å²) in [6.45, 7) is 3.70. The molecule has 0 rings (SSSR count). The predicted molar refractivity (Wildman–Crippen MR) is 117 cm³/mol. The van der Waals surface area contributed by atoms with Crippen molar-refractivity contribution in [3.8, 4) is 0 Å². The third-order valence-corrected chi connectivity index (χ3v) is 4.45. The van der Waals surface area contributed by atoms with Crippen LogP contribution in [0.2, 0.25) is 0 Å². The van der Waals surface area contributed by atoms with Crippen LogP contribution >= 0.6 is 0 Å². The second-order valence-corrected chi connectivity index (χ2v) is 7.38. The first kappa shape index (κ1) is 29.8. The standard InChI is InChI=1S/C16H34.C7H10O6/c1-3-5-7-9-11-13-15-16-14-12-10-8-6-4-2;8-3-5(9)4-13-7(12)2-1-6(10)11/h3-16H2,1-2H3;1-2,5,8-9H,3-4H2,(H,10,11)/b;2-1-. The molecule has 3 N–H and O–H groups in total. The quantitative estimate of drug-likeness (QED) is 0.165. The Morgan fingerprint density at radius 1 is 0.759 bits per heavy atom. The molecule has 0 aromatic rings. The van der Waals surface area contributed by atoms with Crippen LogP contribution in [0.1, 0.15) is 104 Å². The molecule has 0 aliphatic rings. The molecule has 29 heavy (non-hydrogen) atoms. The molecular formula is C23H44O6. The van der Waals surface area contributed by atoms with Crippen LogP contribution < -0.4 is 0 Å². The average Bonchev–Trinajstić information content (AvgIpc) is 2.71. The average molecular weight is 417 g/mol. The van der Waals surface area contributed by atoms with Gasteiger partial charge in [0, 0.05) is 12.2 Å². The summed E-state index contributed by atoms with van der Waals surface area (Å²) in [5.41, 5.74) is 0. The fourth-order valence-electron chi connectivity index (χ4n) is 2.69. The van der Waals surface area contributed by atoms with Crippen molar-refractivity contribution in [2.24, 2.45) is 0 Å². The summed E-state index contributed by atoms with van der Waals surface area (Å²) >= 11 is 0. The third-order valence-electron chi connectivity index (χ3n) is 4.45. The minimum absolute atomic E-state index is 0.362. The maximum absolute atomic E-state index is 10.6. The third kappa shape index (κ3) is 28.9. The molecule has 0 amide bonds. The van der Waals surface area contributed by atoms with E-state index >= 15 is 0 Å². The summed E-state index contributed by atoms with van der Waals surface area (Å²) in [5.74, 6) is -2.14. The number of unbranched alkanes of at least 4 members (excludes halogenated alkanes) is 13. The Labute approximate surface area is 177 Å². The Bertz CT molecular complexity index is 381. The maximum Gasteiger partial charge on any atom is 0.331 e. The molecule has 0 spiro atoms. The van der Waals surface area contributed by atoms with E-state index in [-0.39, 0.29) is 6.61 Å². The molecule has 0 aromatic carbocycles. The summed E-state index contributed by atoms with van der Waals surface area (Å²) in [6, 6.07) is 0. The molecular weight excluding hydrogens is 372 g/mol. The molecule has 1 unspecified atom stereocenters. The van der Waals surface area contributed by atoms with E-state index in [1.54, 1.807) is 0 Å². The van der Waals surface area contributed by atoms with Crippen molar-refractivity contribution in [3.05, 3.63) is 12.2 Å². The van der Waals surface area contributed by atoms with Gasteiger partial charge in [-0.15, -0.1) is 0 Å². The summed E-state index contributed by atoms with van der Waals surface area (Å²) < 4.78 is 4.35. The van der Waals surface area contributed by atoms with Gasteiger partial charge in [0.2, 0.25) is 0 Å². The number of aliphatic carboxylic acids is 1. The zero-order chi connectivity index (χ0) is 22.2. The van der Waals surface area contributed by atoms with Gasteiger partial charge in [0.15, 0.2) is 0 Å². The molecule has 0 radical (unpaired) electrons. The molecule has 0 fully saturated rings. The van der Waals surface area contributed by atoms with Crippen molar-refractivity contribution in [1.82, 2.24) is 0 Å². The molecule has 6 nitrogen and oxygen atoms in total. The SMILES string of the molecule is CCCCCCCCCCCCCCCC.O=C(O)/C=C\C(=O)OCC(O)CO. The molecule has 1 atom stereocenters. The van der Waals surface area contributed by atoms with E-state index < -0.39 is 24.6 Å². The van der Waals surface area contributed by atoms with Crippen LogP contribution in [0.5, 0.6) is 0 Å².